The Morgan fingerprint density at radius 1 is 1.60 bits per heavy atom. The third-order valence-electron chi connectivity index (χ3n) is 1.91. The number of carbonyl (C=O) groups is 1. The molecule has 0 saturated heterocycles. The van der Waals surface area contributed by atoms with Crippen molar-refractivity contribution in [2.45, 2.75) is 26.8 Å². The summed E-state index contributed by atoms with van der Waals surface area (Å²) >= 11 is 1.16. The van der Waals surface area contributed by atoms with Crippen LogP contribution in [0, 0.1) is 18.3 Å². The zero-order valence-electron chi connectivity index (χ0n) is 8.92. The topological polar surface area (TPSA) is 78.9 Å². The second kappa shape index (κ2) is 4.32. The molecule has 1 amide bonds. The fraction of sp³-hybridized carbons (Fsp3) is 0.400. The van der Waals surface area contributed by atoms with E-state index in [1.807, 2.05) is 19.9 Å². The summed E-state index contributed by atoms with van der Waals surface area (Å²) in [7, 11) is 0. The maximum Gasteiger partial charge on any atom is 0.261 e. The average Bonchev–Trinajstić information content (AvgIpc) is 2.40. The maximum absolute atomic E-state index is 11.7. The van der Waals surface area contributed by atoms with Gasteiger partial charge in [-0.15, -0.1) is 11.3 Å². The van der Waals surface area contributed by atoms with Crippen molar-refractivity contribution in [1.82, 2.24) is 5.32 Å². The van der Waals surface area contributed by atoms with Gasteiger partial charge in [-0.1, -0.05) is 0 Å². The van der Waals surface area contributed by atoms with E-state index >= 15 is 0 Å². The Labute approximate surface area is 92.7 Å². The second-order valence-corrected chi connectivity index (χ2v) is 4.59. The molecule has 0 unspecified atom stereocenters. The molecule has 0 aliphatic rings. The van der Waals surface area contributed by atoms with E-state index < -0.39 is 0 Å². The number of amides is 1. The fourth-order valence-corrected chi connectivity index (χ4v) is 2.15. The van der Waals surface area contributed by atoms with Crippen LogP contribution in [0.1, 0.15) is 34.6 Å². The lowest BCUT2D eigenvalue weighted by molar-refractivity contribution is 0.0946. The van der Waals surface area contributed by atoms with Gasteiger partial charge in [-0.2, -0.15) is 5.26 Å². The van der Waals surface area contributed by atoms with Crippen LogP contribution in [0.15, 0.2) is 0 Å². The highest BCUT2D eigenvalue weighted by Gasteiger charge is 2.18. The molecule has 0 saturated carbocycles. The molecule has 5 heteroatoms. The molecule has 0 aromatic carbocycles. The number of nitrogens with zero attached hydrogens (tertiary/aromatic N) is 1. The van der Waals surface area contributed by atoms with Gasteiger partial charge in [0.15, 0.2) is 0 Å². The minimum Gasteiger partial charge on any atom is -0.389 e. The first kappa shape index (κ1) is 11.5. The fourth-order valence-electron chi connectivity index (χ4n) is 1.22. The van der Waals surface area contributed by atoms with Crippen molar-refractivity contribution in [3.8, 4) is 6.07 Å². The van der Waals surface area contributed by atoms with Crippen LogP contribution >= 0.6 is 11.3 Å². The van der Waals surface area contributed by atoms with Gasteiger partial charge in [0.2, 0.25) is 0 Å². The molecule has 0 aliphatic carbocycles. The molecule has 15 heavy (non-hydrogen) atoms. The quantitative estimate of drug-likeness (QED) is 0.800. The Morgan fingerprint density at radius 2 is 2.20 bits per heavy atom. The number of nitrogens with two attached hydrogens (primary N) is 1. The number of rotatable bonds is 2. The molecule has 1 rings (SSSR count). The van der Waals surface area contributed by atoms with Crippen molar-refractivity contribution < 1.29 is 4.79 Å². The molecule has 80 valence electrons. The number of nitriles is 1. The minimum absolute atomic E-state index is 0.0748. The number of carbonyl (C=O) groups excluding carboxylic acids is 1. The highest BCUT2D eigenvalue weighted by Crippen LogP contribution is 2.29. The number of anilines is 1. The van der Waals surface area contributed by atoms with E-state index in [9.17, 15) is 4.79 Å². The van der Waals surface area contributed by atoms with Gasteiger partial charge >= 0.3 is 0 Å². The van der Waals surface area contributed by atoms with Gasteiger partial charge < -0.3 is 11.1 Å². The number of nitrogens with one attached hydrogen (secondary N) is 1. The van der Waals surface area contributed by atoms with Gasteiger partial charge in [-0.25, -0.2) is 0 Å². The number of hydrogen-bond acceptors (Lipinski definition) is 4. The van der Waals surface area contributed by atoms with E-state index in [0.29, 0.717) is 21.0 Å². The van der Waals surface area contributed by atoms with Crippen LogP contribution in [0.2, 0.25) is 0 Å². The summed E-state index contributed by atoms with van der Waals surface area (Å²) in [4.78, 5) is 12.2. The van der Waals surface area contributed by atoms with Gasteiger partial charge in [0, 0.05) is 6.04 Å². The summed E-state index contributed by atoms with van der Waals surface area (Å²) in [5, 5.41) is 12.0. The molecule has 4 nitrogen and oxygen atoms in total. The predicted molar refractivity (Wildman–Crippen MR) is 60.8 cm³/mol. The van der Waals surface area contributed by atoms with Gasteiger partial charge in [0.05, 0.1) is 10.4 Å². The van der Waals surface area contributed by atoms with Gasteiger partial charge in [0.25, 0.3) is 5.91 Å². The summed E-state index contributed by atoms with van der Waals surface area (Å²) in [6, 6.07) is 2.07. The SMILES string of the molecule is Cc1c(C(=O)NC(C)C)sc(N)c1C#N. The minimum atomic E-state index is -0.166. The maximum atomic E-state index is 11.7. The molecule has 0 spiro atoms. The van der Waals surface area contributed by atoms with Crippen molar-refractivity contribution in [2.24, 2.45) is 0 Å². The van der Waals surface area contributed by atoms with E-state index in [0.717, 1.165) is 11.3 Å². The van der Waals surface area contributed by atoms with Crippen molar-refractivity contribution in [3.05, 3.63) is 16.0 Å². The Kier molecular flexibility index (Phi) is 3.32. The first-order valence-electron chi connectivity index (χ1n) is 4.57. The largest absolute Gasteiger partial charge is 0.389 e. The molecular formula is C10H13N3OS. The van der Waals surface area contributed by atoms with E-state index in [4.69, 9.17) is 11.0 Å². The predicted octanol–water partition coefficient (Wildman–Crippen LogP) is 1.65. The van der Waals surface area contributed by atoms with Crippen molar-refractivity contribution in [1.29, 1.82) is 5.26 Å². The van der Waals surface area contributed by atoms with Gasteiger partial charge in [0.1, 0.15) is 11.1 Å². The van der Waals surface area contributed by atoms with Crippen LogP contribution in [0.3, 0.4) is 0 Å². The Balaban J connectivity index is 3.07. The summed E-state index contributed by atoms with van der Waals surface area (Å²) < 4.78 is 0. The molecular weight excluding hydrogens is 210 g/mol. The molecule has 1 heterocycles. The van der Waals surface area contributed by atoms with Crippen LogP contribution in [-0.4, -0.2) is 11.9 Å². The Bertz CT molecular complexity index is 429. The molecule has 1 aromatic rings. The molecule has 0 aliphatic heterocycles. The van der Waals surface area contributed by atoms with E-state index in [1.54, 1.807) is 6.92 Å². The zero-order chi connectivity index (χ0) is 11.6. The molecule has 0 radical (unpaired) electrons. The molecule has 3 N–H and O–H groups in total. The highest BCUT2D eigenvalue weighted by molar-refractivity contribution is 7.18. The van der Waals surface area contributed by atoms with Crippen LogP contribution in [0.25, 0.3) is 0 Å². The molecule has 0 bridgehead atoms. The van der Waals surface area contributed by atoms with Crippen LogP contribution in [-0.2, 0) is 0 Å². The standard InChI is InChI=1S/C10H13N3OS/c1-5(2)13-10(14)8-6(3)7(4-11)9(12)15-8/h5H,12H2,1-3H3,(H,13,14). The lowest BCUT2D eigenvalue weighted by atomic mass is 10.1. The third kappa shape index (κ3) is 2.28. The molecule has 0 fully saturated rings. The van der Waals surface area contributed by atoms with E-state index in [1.165, 1.54) is 0 Å². The first-order valence-corrected chi connectivity index (χ1v) is 5.38. The van der Waals surface area contributed by atoms with E-state index in [-0.39, 0.29) is 11.9 Å². The Morgan fingerprint density at radius 3 is 2.60 bits per heavy atom. The summed E-state index contributed by atoms with van der Waals surface area (Å²) in [5.74, 6) is -0.166. The number of thiophene rings is 1. The van der Waals surface area contributed by atoms with Crippen molar-refractivity contribution in [3.63, 3.8) is 0 Å². The van der Waals surface area contributed by atoms with Crippen LogP contribution in [0.4, 0.5) is 5.00 Å². The zero-order valence-corrected chi connectivity index (χ0v) is 9.73. The third-order valence-corrected chi connectivity index (χ3v) is 3.03. The smallest absolute Gasteiger partial charge is 0.261 e. The number of hydrogen-bond donors (Lipinski definition) is 2. The molecule has 1 aromatic heterocycles. The van der Waals surface area contributed by atoms with Crippen LogP contribution in [0.5, 0.6) is 0 Å². The lowest BCUT2D eigenvalue weighted by Gasteiger charge is -2.06. The summed E-state index contributed by atoms with van der Waals surface area (Å²) in [6.07, 6.45) is 0. The average molecular weight is 223 g/mol. The van der Waals surface area contributed by atoms with E-state index in [2.05, 4.69) is 5.32 Å². The van der Waals surface area contributed by atoms with Crippen LogP contribution < -0.4 is 11.1 Å². The second-order valence-electron chi connectivity index (χ2n) is 3.54. The monoisotopic (exact) mass is 223 g/mol. The lowest BCUT2D eigenvalue weighted by Crippen LogP contribution is -2.29. The highest BCUT2D eigenvalue weighted by atomic mass is 32.1. The van der Waals surface area contributed by atoms with Crippen molar-refractivity contribution in [2.75, 3.05) is 5.73 Å². The van der Waals surface area contributed by atoms with Gasteiger partial charge in [-0.05, 0) is 26.3 Å². The molecule has 0 atom stereocenters. The first-order chi connectivity index (χ1) is 6.97. The van der Waals surface area contributed by atoms with Crippen molar-refractivity contribution >= 4 is 22.2 Å². The van der Waals surface area contributed by atoms with Gasteiger partial charge in [-0.3, -0.25) is 4.79 Å². The normalized spacial score (nSPS) is 10.1. The Hall–Kier alpha value is -1.54. The number of nitrogen functional groups attached to an aromatic ring is 1. The summed E-state index contributed by atoms with van der Waals surface area (Å²) in [5.41, 5.74) is 6.71. The summed E-state index contributed by atoms with van der Waals surface area (Å²) in [6.45, 7) is 5.51.